The third kappa shape index (κ3) is 4.98. The smallest absolute Gasteiger partial charge is 0.338 e. The van der Waals surface area contributed by atoms with Gasteiger partial charge in [-0.3, -0.25) is 0 Å². The van der Waals surface area contributed by atoms with Gasteiger partial charge in [-0.05, 0) is 43.0 Å². The highest BCUT2D eigenvalue weighted by atomic mass is 16.5. The molecule has 130 valence electrons. The van der Waals surface area contributed by atoms with Crippen molar-refractivity contribution in [3.63, 3.8) is 0 Å². The summed E-state index contributed by atoms with van der Waals surface area (Å²) in [4.78, 5) is 11.9. The Labute approximate surface area is 147 Å². The molecule has 0 saturated heterocycles. The lowest BCUT2D eigenvalue weighted by Crippen LogP contribution is -2.06. The Morgan fingerprint density at radius 2 is 1.84 bits per heavy atom. The SMILES string of the molecule is COc1cc(C#N)cc(CCCCOC(=O)c2ccccc2)c1OC. The van der Waals surface area contributed by atoms with E-state index in [1.807, 2.05) is 6.07 Å². The van der Waals surface area contributed by atoms with Crippen LogP contribution in [0.3, 0.4) is 0 Å². The van der Waals surface area contributed by atoms with Crippen molar-refractivity contribution < 1.29 is 19.0 Å². The van der Waals surface area contributed by atoms with E-state index in [1.165, 1.54) is 0 Å². The Balaban J connectivity index is 1.87. The van der Waals surface area contributed by atoms with Crippen LogP contribution >= 0.6 is 0 Å². The van der Waals surface area contributed by atoms with Crippen molar-refractivity contribution in [1.82, 2.24) is 0 Å². The van der Waals surface area contributed by atoms with Gasteiger partial charge in [0.1, 0.15) is 0 Å². The zero-order valence-electron chi connectivity index (χ0n) is 14.5. The zero-order chi connectivity index (χ0) is 18.1. The monoisotopic (exact) mass is 339 g/mol. The molecule has 5 nitrogen and oxygen atoms in total. The van der Waals surface area contributed by atoms with E-state index >= 15 is 0 Å². The van der Waals surface area contributed by atoms with E-state index in [2.05, 4.69) is 6.07 Å². The van der Waals surface area contributed by atoms with Crippen LogP contribution in [0, 0.1) is 11.3 Å². The summed E-state index contributed by atoms with van der Waals surface area (Å²) in [6.07, 6.45) is 2.23. The predicted molar refractivity (Wildman–Crippen MR) is 93.9 cm³/mol. The molecule has 0 saturated carbocycles. The van der Waals surface area contributed by atoms with E-state index in [9.17, 15) is 4.79 Å². The Morgan fingerprint density at radius 1 is 1.08 bits per heavy atom. The summed E-state index contributed by atoms with van der Waals surface area (Å²) in [5, 5.41) is 9.12. The van der Waals surface area contributed by atoms with Gasteiger partial charge in [-0.25, -0.2) is 4.79 Å². The van der Waals surface area contributed by atoms with Gasteiger partial charge in [-0.2, -0.15) is 5.26 Å². The van der Waals surface area contributed by atoms with Gasteiger partial charge in [-0.15, -0.1) is 0 Å². The maximum atomic E-state index is 11.9. The fourth-order valence-corrected chi connectivity index (χ4v) is 2.53. The molecule has 0 aliphatic heterocycles. The number of ether oxygens (including phenoxy) is 3. The Hall–Kier alpha value is -3.00. The van der Waals surface area contributed by atoms with Gasteiger partial charge in [0.15, 0.2) is 11.5 Å². The lowest BCUT2D eigenvalue weighted by Gasteiger charge is -2.13. The van der Waals surface area contributed by atoms with Gasteiger partial charge in [0.25, 0.3) is 0 Å². The first-order chi connectivity index (χ1) is 12.2. The fraction of sp³-hybridized carbons (Fsp3) is 0.300. The zero-order valence-corrected chi connectivity index (χ0v) is 14.5. The van der Waals surface area contributed by atoms with E-state index in [1.54, 1.807) is 50.6 Å². The number of nitrogens with zero attached hydrogens (tertiary/aromatic N) is 1. The minimum atomic E-state index is -0.314. The number of aryl methyl sites for hydroxylation is 1. The molecule has 0 heterocycles. The summed E-state index contributed by atoms with van der Waals surface area (Å²) < 4.78 is 15.9. The van der Waals surface area contributed by atoms with Crippen molar-refractivity contribution in [2.45, 2.75) is 19.3 Å². The highest BCUT2D eigenvalue weighted by Crippen LogP contribution is 2.33. The molecule has 0 fully saturated rings. The number of rotatable bonds is 8. The topological polar surface area (TPSA) is 68.5 Å². The fourth-order valence-electron chi connectivity index (χ4n) is 2.53. The molecule has 0 aliphatic carbocycles. The quantitative estimate of drug-likeness (QED) is 0.541. The maximum absolute atomic E-state index is 11.9. The van der Waals surface area contributed by atoms with Crippen LogP contribution in [0.15, 0.2) is 42.5 Å². The van der Waals surface area contributed by atoms with Gasteiger partial charge in [-0.1, -0.05) is 18.2 Å². The number of benzene rings is 2. The number of carbonyl (C=O) groups excluding carboxylic acids is 1. The van der Waals surface area contributed by atoms with Crippen molar-refractivity contribution >= 4 is 5.97 Å². The van der Waals surface area contributed by atoms with E-state index in [0.29, 0.717) is 35.7 Å². The molecule has 0 radical (unpaired) electrons. The molecule has 0 amide bonds. The number of esters is 1. The lowest BCUT2D eigenvalue weighted by molar-refractivity contribution is 0.0498. The van der Waals surface area contributed by atoms with Gasteiger partial charge in [0.05, 0.1) is 38.0 Å². The second kappa shape index (κ2) is 9.33. The van der Waals surface area contributed by atoms with E-state index in [0.717, 1.165) is 18.4 Å². The van der Waals surface area contributed by atoms with E-state index in [4.69, 9.17) is 19.5 Å². The van der Waals surface area contributed by atoms with Crippen LogP contribution < -0.4 is 9.47 Å². The van der Waals surface area contributed by atoms with Gasteiger partial charge < -0.3 is 14.2 Å². The Kier molecular flexibility index (Phi) is 6.85. The number of unbranched alkanes of at least 4 members (excludes halogenated alkanes) is 1. The van der Waals surface area contributed by atoms with Crippen molar-refractivity contribution in [2.24, 2.45) is 0 Å². The molecule has 0 atom stereocenters. The lowest BCUT2D eigenvalue weighted by atomic mass is 10.0. The van der Waals surface area contributed by atoms with E-state index in [-0.39, 0.29) is 5.97 Å². The Morgan fingerprint density at radius 3 is 2.48 bits per heavy atom. The summed E-state index contributed by atoms with van der Waals surface area (Å²) in [7, 11) is 3.13. The van der Waals surface area contributed by atoms with Crippen molar-refractivity contribution in [3.05, 3.63) is 59.2 Å². The third-order valence-corrected chi connectivity index (χ3v) is 3.77. The summed E-state index contributed by atoms with van der Waals surface area (Å²) in [5.41, 5.74) is 1.99. The molecule has 25 heavy (non-hydrogen) atoms. The standard InChI is InChI=1S/C20H21NO4/c1-23-18-13-15(14-21)12-17(19(18)24-2)10-6-7-11-25-20(22)16-8-4-3-5-9-16/h3-5,8-9,12-13H,6-7,10-11H2,1-2H3. The highest BCUT2D eigenvalue weighted by molar-refractivity contribution is 5.89. The molecule has 0 spiro atoms. The number of hydrogen-bond acceptors (Lipinski definition) is 5. The molecular formula is C20H21NO4. The van der Waals surface area contributed by atoms with Crippen LogP contribution in [0.2, 0.25) is 0 Å². The molecule has 0 aromatic heterocycles. The molecule has 0 bridgehead atoms. The number of hydrogen-bond donors (Lipinski definition) is 0. The van der Waals surface area contributed by atoms with Crippen molar-refractivity contribution in [3.8, 4) is 17.6 Å². The summed E-state index contributed by atoms with van der Waals surface area (Å²) >= 11 is 0. The predicted octanol–water partition coefficient (Wildman–Crippen LogP) is 3.76. The first kappa shape index (κ1) is 18.3. The molecule has 2 rings (SSSR count). The van der Waals surface area contributed by atoms with Crippen LogP contribution in [0.5, 0.6) is 11.5 Å². The first-order valence-corrected chi connectivity index (χ1v) is 8.06. The number of methoxy groups -OCH3 is 2. The van der Waals surface area contributed by atoms with Crippen LogP contribution in [0.25, 0.3) is 0 Å². The third-order valence-electron chi connectivity index (χ3n) is 3.77. The van der Waals surface area contributed by atoms with Crippen LogP contribution in [-0.2, 0) is 11.2 Å². The maximum Gasteiger partial charge on any atom is 0.338 e. The minimum absolute atomic E-state index is 0.314. The highest BCUT2D eigenvalue weighted by Gasteiger charge is 2.12. The molecule has 2 aromatic rings. The van der Waals surface area contributed by atoms with Crippen LogP contribution in [0.4, 0.5) is 0 Å². The number of nitriles is 1. The average Bonchev–Trinajstić information content (AvgIpc) is 2.67. The Bertz CT molecular complexity index is 750. The second-order valence-electron chi connectivity index (χ2n) is 5.44. The summed E-state index contributed by atoms with van der Waals surface area (Å²) in [6.45, 7) is 0.352. The van der Waals surface area contributed by atoms with Crippen molar-refractivity contribution in [1.29, 1.82) is 5.26 Å². The largest absolute Gasteiger partial charge is 0.493 e. The first-order valence-electron chi connectivity index (χ1n) is 8.06. The number of carbonyl (C=O) groups is 1. The van der Waals surface area contributed by atoms with Gasteiger partial charge in [0, 0.05) is 6.07 Å². The summed E-state index contributed by atoms with van der Waals surface area (Å²) in [6, 6.07) is 14.5. The van der Waals surface area contributed by atoms with Crippen LogP contribution in [-0.4, -0.2) is 26.8 Å². The molecule has 2 aromatic carbocycles. The molecule has 5 heteroatoms. The molecular weight excluding hydrogens is 318 g/mol. The summed E-state index contributed by atoms with van der Waals surface area (Å²) in [5.74, 6) is 0.876. The molecule has 0 aliphatic rings. The van der Waals surface area contributed by atoms with Crippen LogP contribution in [0.1, 0.15) is 34.3 Å². The molecule has 0 N–H and O–H groups in total. The van der Waals surface area contributed by atoms with Crippen molar-refractivity contribution in [2.75, 3.05) is 20.8 Å². The normalized spacial score (nSPS) is 9.96. The second-order valence-corrected chi connectivity index (χ2v) is 5.44. The van der Waals surface area contributed by atoms with E-state index < -0.39 is 0 Å². The molecule has 0 unspecified atom stereocenters. The minimum Gasteiger partial charge on any atom is -0.493 e. The van der Waals surface area contributed by atoms with Gasteiger partial charge >= 0.3 is 5.97 Å². The average molecular weight is 339 g/mol. The van der Waals surface area contributed by atoms with Gasteiger partial charge in [0.2, 0.25) is 0 Å².